The highest BCUT2D eigenvalue weighted by Crippen LogP contribution is 2.33. The van der Waals surface area contributed by atoms with Gasteiger partial charge >= 0.3 is 0 Å². The zero-order chi connectivity index (χ0) is 26.4. The van der Waals surface area contributed by atoms with Gasteiger partial charge in [-0.15, -0.1) is 0 Å². The summed E-state index contributed by atoms with van der Waals surface area (Å²) < 4.78 is 17.0. The summed E-state index contributed by atoms with van der Waals surface area (Å²) in [5.74, 6) is -1.84. The quantitative estimate of drug-likeness (QED) is 0.361. The third-order valence-electron chi connectivity index (χ3n) is 5.64. The number of phenols is 1. The molecule has 36 heavy (non-hydrogen) atoms. The van der Waals surface area contributed by atoms with Crippen molar-refractivity contribution in [3.05, 3.63) is 63.0 Å². The molecule has 0 saturated heterocycles. The molecule has 0 bridgehead atoms. The fourth-order valence-electron chi connectivity index (χ4n) is 3.93. The van der Waals surface area contributed by atoms with E-state index in [-0.39, 0.29) is 41.3 Å². The number of aromatic carboxylic acids is 1. The van der Waals surface area contributed by atoms with Crippen molar-refractivity contribution in [3.63, 3.8) is 0 Å². The lowest BCUT2D eigenvalue weighted by Gasteiger charge is -2.18. The fraction of sp³-hybridized carbons (Fsp3) is 0.370. The first-order valence-electron chi connectivity index (χ1n) is 11.8. The van der Waals surface area contributed by atoms with Crippen LogP contribution in [0.2, 0.25) is 0 Å². The number of Topliss-reactive ketones (excluding diaryl/α,β-unsaturated/α-hetero) is 1. The Labute approximate surface area is 207 Å². The van der Waals surface area contributed by atoms with Crippen LogP contribution in [-0.4, -0.2) is 41.3 Å². The van der Waals surface area contributed by atoms with Crippen molar-refractivity contribution in [2.45, 2.75) is 52.6 Å². The molecule has 3 rings (SSSR count). The molecule has 1 heterocycles. The first-order chi connectivity index (χ1) is 17.2. The molecule has 0 saturated carbocycles. The summed E-state index contributed by atoms with van der Waals surface area (Å²) in [7, 11) is 0. The Morgan fingerprint density at radius 1 is 1.00 bits per heavy atom. The Hall–Kier alpha value is -3.85. The summed E-state index contributed by atoms with van der Waals surface area (Å²) in [4.78, 5) is 35.3. The number of carboxylic acid groups (broad SMARTS) is 1. The van der Waals surface area contributed by atoms with Gasteiger partial charge in [-0.2, -0.15) is 0 Å². The van der Waals surface area contributed by atoms with Crippen molar-refractivity contribution in [1.29, 1.82) is 0 Å². The smallest absolute Gasteiger partial charge is 0.193 e. The monoisotopic (exact) mass is 497 g/mol. The van der Waals surface area contributed by atoms with Crippen molar-refractivity contribution in [1.82, 2.24) is 0 Å². The number of carbonyl (C=O) groups excluding carboxylic acids is 2. The van der Waals surface area contributed by atoms with Gasteiger partial charge in [-0.3, -0.25) is 9.59 Å². The molecular formula is C27H29O9-. The second-order valence-corrected chi connectivity index (χ2v) is 8.45. The number of carboxylic acids is 1. The van der Waals surface area contributed by atoms with Crippen LogP contribution in [0.1, 0.15) is 65.7 Å². The van der Waals surface area contributed by atoms with Gasteiger partial charge in [-0.05, 0) is 44.0 Å². The Morgan fingerprint density at radius 3 is 2.17 bits per heavy atom. The van der Waals surface area contributed by atoms with Crippen LogP contribution in [0.3, 0.4) is 0 Å². The van der Waals surface area contributed by atoms with E-state index in [2.05, 4.69) is 0 Å². The number of ether oxygens (including phenoxy) is 2. The SMILES string of the molecule is CCCc1c(OCC(O)COc2ccc3c(=O)cc(C(=O)[O-])oc3c2CCC)ccc(C(C)=O)c1O. The zero-order valence-corrected chi connectivity index (χ0v) is 20.5. The average molecular weight is 498 g/mol. The number of aromatic hydroxyl groups is 1. The number of benzene rings is 2. The second-order valence-electron chi connectivity index (χ2n) is 8.45. The molecule has 1 unspecified atom stereocenters. The molecule has 0 aliphatic rings. The van der Waals surface area contributed by atoms with Crippen LogP contribution in [0.25, 0.3) is 11.0 Å². The standard InChI is InChI=1S/C27H30O9/c1-4-6-19-22(10-8-17(15(3)28)25(19)31)34-13-16(29)14-35-23-11-9-18-21(30)12-24(27(32)33)36-26(18)20(23)7-5-2/h8-12,16,29,31H,4-7,13-14H2,1-3H3,(H,32,33)/p-1. The number of hydrogen-bond donors (Lipinski definition) is 2. The molecule has 0 amide bonds. The Balaban J connectivity index is 1.78. The van der Waals surface area contributed by atoms with E-state index in [1.807, 2.05) is 13.8 Å². The molecule has 1 atom stereocenters. The third kappa shape index (κ3) is 5.85. The van der Waals surface area contributed by atoms with E-state index in [1.165, 1.54) is 19.1 Å². The predicted molar refractivity (Wildman–Crippen MR) is 130 cm³/mol. The van der Waals surface area contributed by atoms with Crippen molar-refractivity contribution in [2.24, 2.45) is 0 Å². The maximum atomic E-state index is 12.3. The predicted octanol–water partition coefficient (Wildman–Crippen LogP) is 2.79. The first kappa shape index (κ1) is 26.7. The normalized spacial score (nSPS) is 11.9. The van der Waals surface area contributed by atoms with Gasteiger partial charge in [-0.1, -0.05) is 26.7 Å². The molecule has 9 heteroatoms. The molecule has 0 spiro atoms. The molecule has 192 valence electrons. The molecule has 9 nitrogen and oxygen atoms in total. The number of hydrogen-bond acceptors (Lipinski definition) is 9. The van der Waals surface area contributed by atoms with Gasteiger partial charge in [-0.25, -0.2) is 0 Å². The fourth-order valence-corrected chi connectivity index (χ4v) is 3.93. The molecule has 3 aromatic rings. The molecule has 0 aliphatic heterocycles. The Kier molecular flexibility index (Phi) is 8.71. The minimum absolute atomic E-state index is 0.108. The lowest BCUT2D eigenvalue weighted by molar-refractivity contribution is -0.257. The number of fused-ring (bicyclic) bond motifs is 1. The summed E-state index contributed by atoms with van der Waals surface area (Å²) in [5, 5.41) is 32.4. The lowest BCUT2D eigenvalue weighted by atomic mass is 10.0. The molecule has 2 aromatic carbocycles. The number of carbonyl (C=O) groups is 2. The number of ketones is 1. The van der Waals surface area contributed by atoms with Gasteiger partial charge in [0.05, 0.1) is 10.9 Å². The molecule has 0 fully saturated rings. The Morgan fingerprint density at radius 2 is 1.58 bits per heavy atom. The number of phenolic OH excluding ortho intramolecular Hbond substituents is 1. The van der Waals surface area contributed by atoms with E-state index in [1.54, 1.807) is 12.1 Å². The summed E-state index contributed by atoms with van der Waals surface area (Å²) in [6, 6.07) is 7.01. The van der Waals surface area contributed by atoms with Gasteiger partial charge in [0.15, 0.2) is 17.0 Å². The minimum Gasteiger partial charge on any atom is -0.542 e. The van der Waals surface area contributed by atoms with Gasteiger partial charge in [0, 0.05) is 17.2 Å². The largest absolute Gasteiger partial charge is 0.542 e. The van der Waals surface area contributed by atoms with Gasteiger partial charge in [0.25, 0.3) is 0 Å². The Bertz CT molecular complexity index is 1320. The van der Waals surface area contributed by atoms with Gasteiger partial charge in [0.2, 0.25) is 0 Å². The van der Waals surface area contributed by atoms with E-state index < -0.39 is 23.3 Å². The van der Waals surface area contributed by atoms with Crippen LogP contribution >= 0.6 is 0 Å². The second kappa shape index (κ2) is 11.7. The molecule has 1 aromatic heterocycles. The highest BCUT2D eigenvalue weighted by atomic mass is 16.5. The molecule has 0 radical (unpaired) electrons. The first-order valence-corrected chi connectivity index (χ1v) is 11.8. The minimum atomic E-state index is -1.60. The number of aliphatic hydroxyl groups is 1. The molecular weight excluding hydrogens is 468 g/mol. The zero-order valence-electron chi connectivity index (χ0n) is 20.5. The third-order valence-corrected chi connectivity index (χ3v) is 5.64. The molecule has 2 N–H and O–H groups in total. The summed E-state index contributed by atoms with van der Waals surface area (Å²) in [5.41, 5.74) is 0.824. The van der Waals surface area contributed by atoms with Gasteiger partial charge in [0.1, 0.15) is 48.1 Å². The number of aliphatic hydroxyl groups excluding tert-OH is 1. The van der Waals surface area contributed by atoms with Crippen molar-refractivity contribution >= 4 is 22.7 Å². The van der Waals surface area contributed by atoms with Crippen LogP contribution in [0.4, 0.5) is 0 Å². The van der Waals surface area contributed by atoms with Crippen LogP contribution < -0.4 is 20.0 Å². The van der Waals surface area contributed by atoms with E-state index >= 15 is 0 Å². The van der Waals surface area contributed by atoms with E-state index in [0.29, 0.717) is 41.9 Å². The maximum Gasteiger partial charge on any atom is 0.193 e. The molecule has 0 aliphatic carbocycles. The van der Waals surface area contributed by atoms with Crippen LogP contribution in [0.15, 0.2) is 39.5 Å². The van der Waals surface area contributed by atoms with Crippen LogP contribution in [-0.2, 0) is 12.8 Å². The van der Waals surface area contributed by atoms with Crippen molar-refractivity contribution < 1.29 is 38.8 Å². The summed E-state index contributed by atoms with van der Waals surface area (Å²) in [6.45, 7) is 4.91. The van der Waals surface area contributed by atoms with E-state index in [0.717, 1.165) is 12.5 Å². The lowest BCUT2D eigenvalue weighted by Crippen LogP contribution is -2.26. The summed E-state index contributed by atoms with van der Waals surface area (Å²) in [6.07, 6.45) is 1.27. The van der Waals surface area contributed by atoms with Gasteiger partial charge < -0.3 is 34.0 Å². The number of rotatable bonds is 12. The van der Waals surface area contributed by atoms with Crippen molar-refractivity contribution in [2.75, 3.05) is 13.2 Å². The highest BCUT2D eigenvalue weighted by molar-refractivity contribution is 5.97. The number of aryl methyl sites for hydroxylation is 1. The van der Waals surface area contributed by atoms with E-state index in [9.17, 15) is 29.7 Å². The highest BCUT2D eigenvalue weighted by Gasteiger charge is 2.19. The average Bonchev–Trinajstić information content (AvgIpc) is 2.83. The van der Waals surface area contributed by atoms with Crippen LogP contribution in [0.5, 0.6) is 17.2 Å². The maximum absolute atomic E-state index is 12.3. The van der Waals surface area contributed by atoms with Crippen molar-refractivity contribution in [3.8, 4) is 17.2 Å². The topological polar surface area (TPSA) is 146 Å². The van der Waals surface area contributed by atoms with E-state index in [4.69, 9.17) is 13.9 Å². The summed E-state index contributed by atoms with van der Waals surface area (Å²) >= 11 is 0. The van der Waals surface area contributed by atoms with Crippen LogP contribution in [0, 0.1) is 0 Å².